The molecule has 0 atom stereocenters. The summed E-state index contributed by atoms with van der Waals surface area (Å²) in [6.07, 6.45) is -0.922. The molecule has 0 aromatic heterocycles. The van der Waals surface area contributed by atoms with Crippen LogP contribution < -0.4 is 15.2 Å². The second-order valence-corrected chi connectivity index (χ2v) is 13.0. The second-order valence-electron chi connectivity index (χ2n) is 8.66. The lowest BCUT2D eigenvalue weighted by molar-refractivity contribution is -0.582. The van der Waals surface area contributed by atoms with Crippen LogP contribution in [0.4, 0.5) is 5.69 Å². The quantitative estimate of drug-likeness (QED) is 0.518. The molecule has 5 heteroatoms. The predicted molar refractivity (Wildman–Crippen MR) is 134 cm³/mol. The maximum absolute atomic E-state index is 12.2. The number of fused-ring (bicyclic) bond motifs is 2. The van der Waals surface area contributed by atoms with Gasteiger partial charge in [-0.05, 0) is 57.2 Å². The van der Waals surface area contributed by atoms with Crippen LogP contribution in [0.15, 0.2) is 71.5 Å². The van der Waals surface area contributed by atoms with Gasteiger partial charge in [-0.15, -0.1) is 0 Å². The lowest BCUT2D eigenvalue weighted by atomic mass is 9.87. The van der Waals surface area contributed by atoms with E-state index in [4.69, 9.17) is 16.4 Å². The summed E-state index contributed by atoms with van der Waals surface area (Å²) >= 11 is 0. The third-order valence-electron chi connectivity index (χ3n) is 6.50. The van der Waals surface area contributed by atoms with Crippen LogP contribution >= 0.6 is 0 Å². The van der Waals surface area contributed by atoms with E-state index in [2.05, 4.69) is 0 Å². The highest BCUT2D eigenvalue weighted by molar-refractivity contribution is 6.98. The van der Waals surface area contributed by atoms with Gasteiger partial charge in [0.15, 0.2) is 5.71 Å². The van der Waals surface area contributed by atoms with E-state index in [0.717, 1.165) is 9.48 Å². The van der Waals surface area contributed by atoms with Gasteiger partial charge in [0.1, 0.15) is 26.6 Å². The van der Waals surface area contributed by atoms with Crippen LogP contribution in [0.3, 0.4) is 0 Å². The molecule has 0 bridgehead atoms. The van der Waals surface area contributed by atoms with E-state index in [9.17, 15) is 9.90 Å². The van der Waals surface area contributed by atoms with Crippen molar-refractivity contribution < 1.29 is 30.9 Å². The smallest absolute Gasteiger partial charge is 0.199 e. The molecule has 4 nitrogen and oxygen atoms in total. The first-order valence-electron chi connectivity index (χ1n) is 16.6. The first-order chi connectivity index (χ1) is 20.5. The van der Waals surface area contributed by atoms with Crippen LogP contribution in [0.1, 0.15) is 50.7 Å². The molecule has 2 aromatic rings. The minimum atomic E-state index is -2.95. The van der Waals surface area contributed by atoms with Crippen molar-refractivity contribution in [3.8, 4) is 0 Å². The monoisotopic (exact) mass is 464 g/mol. The number of benzene rings is 2. The average molecular weight is 465 g/mol. The Kier molecular flexibility index (Phi) is 2.54. The molecule has 4 aliphatic rings. The van der Waals surface area contributed by atoms with E-state index >= 15 is 0 Å². The predicted octanol–water partition coefficient (Wildman–Crippen LogP) is 2.88. The SMILES string of the molecule is [2H]C1([2H])N(c2ccc3c(c2)[Si](C)(C)C2=CC(=[N+]4C([2H])([2H])C([2H])([2H])C4([2H])[2H])C=CC2=C3c2ccccc2C(=O)[O-])C([2H])([2H])C1([2H])[2H]. The topological polar surface area (TPSA) is 46.4 Å². The number of anilines is 1. The molecule has 0 amide bonds. The molecule has 2 saturated heterocycles. The van der Waals surface area contributed by atoms with Crippen molar-refractivity contribution in [2.45, 2.75) is 25.8 Å². The average Bonchev–Trinajstić information content (AvgIpc) is 2.93. The minimum Gasteiger partial charge on any atom is -0.545 e. The minimum absolute atomic E-state index is 0.0789. The molecule has 6 rings (SSSR count). The molecule has 33 heavy (non-hydrogen) atoms. The van der Waals surface area contributed by atoms with Gasteiger partial charge in [-0.25, -0.2) is 4.58 Å². The van der Waals surface area contributed by atoms with Crippen molar-refractivity contribution in [2.75, 3.05) is 30.9 Å². The molecule has 0 unspecified atom stereocenters. The van der Waals surface area contributed by atoms with Gasteiger partial charge in [-0.1, -0.05) is 43.4 Å². The van der Waals surface area contributed by atoms with Gasteiger partial charge in [0.2, 0.25) is 0 Å². The van der Waals surface area contributed by atoms with E-state index in [0.29, 0.717) is 32.7 Å². The van der Waals surface area contributed by atoms with Crippen molar-refractivity contribution >= 4 is 36.2 Å². The number of carboxylic acids is 1. The maximum atomic E-state index is 12.2. The zero-order valence-corrected chi connectivity index (χ0v) is 19.0. The van der Waals surface area contributed by atoms with Crippen molar-refractivity contribution in [1.82, 2.24) is 0 Å². The Morgan fingerprint density at radius 1 is 1.06 bits per heavy atom. The maximum Gasteiger partial charge on any atom is 0.199 e. The highest BCUT2D eigenvalue weighted by atomic mass is 28.3. The second kappa shape index (κ2) is 7.42. The Bertz CT molecular complexity index is 1800. The number of nitrogens with zero attached hydrogens (tertiary/aromatic N) is 2. The molecule has 0 spiro atoms. The summed E-state index contributed by atoms with van der Waals surface area (Å²) in [5.41, 5.74) is 2.03. The molecular formula is C28H28N2O2Si. The highest BCUT2D eigenvalue weighted by Gasteiger charge is 2.41. The Morgan fingerprint density at radius 2 is 1.85 bits per heavy atom. The third kappa shape index (κ3) is 3.10. The fraction of sp³-hybridized carbons (Fsp3) is 0.286. The summed E-state index contributed by atoms with van der Waals surface area (Å²) in [6, 6.07) is 10.9. The number of carbonyl (C=O) groups is 1. The zero-order chi connectivity index (χ0) is 33.5. The normalized spacial score (nSPS) is 35.1. The van der Waals surface area contributed by atoms with Gasteiger partial charge in [0.25, 0.3) is 0 Å². The Balaban J connectivity index is 1.65. The van der Waals surface area contributed by atoms with E-state index in [-0.39, 0.29) is 17.0 Å². The zero-order valence-electron chi connectivity index (χ0n) is 30.0. The number of carboxylic acid groups (broad SMARTS) is 1. The summed E-state index contributed by atoms with van der Waals surface area (Å²) in [5.74, 6) is -1.43. The number of hydrogen-bond donors (Lipinski definition) is 0. The molecule has 3 aliphatic heterocycles. The van der Waals surface area contributed by atoms with Crippen LogP contribution in [0, 0.1) is 0 Å². The van der Waals surface area contributed by atoms with E-state index in [1.54, 1.807) is 42.5 Å². The molecule has 0 saturated carbocycles. The van der Waals surface area contributed by atoms with E-state index in [1.165, 1.54) is 18.2 Å². The van der Waals surface area contributed by atoms with Crippen LogP contribution in [0.5, 0.6) is 0 Å². The molecule has 0 N–H and O–H groups in total. The van der Waals surface area contributed by atoms with Crippen LogP contribution in [0.2, 0.25) is 13.1 Å². The highest BCUT2D eigenvalue weighted by Crippen LogP contribution is 2.43. The van der Waals surface area contributed by atoms with Gasteiger partial charge in [0, 0.05) is 47.4 Å². The molecule has 166 valence electrons. The summed E-state index contributed by atoms with van der Waals surface area (Å²) in [6.45, 7) is -6.85. The molecule has 2 fully saturated rings. The fourth-order valence-electron chi connectivity index (χ4n) is 4.75. The van der Waals surface area contributed by atoms with E-state index < -0.39 is 52.8 Å². The lowest BCUT2D eigenvalue weighted by Gasteiger charge is -2.40. The summed E-state index contributed by atoms with van der Waals surface area (Å²) < 4.78 is 99.6. The number of carbonyl (C=O) groups excluding carboxylic acids is 1. The molecule has 3 heterocycles. The van der Waals surface area contributed by atoms with Crippen LogP contribution in [-0.4, -0.2) is 50.3 Å². The van der Waals surface area contributed by atoms with Gasteiger partial charge >= 0.3 is 0 Å². The molecule has 1 aliphatic carbocycles. The molecular weight excluding hydrogens is 424 g/mol. The largest absolute Gasteiger partial charge is 0.545 e. The number of rotatable bonds is 3. The molecule has 2 aromatic carbocycles. The third-order valence-corrected chi connectivity index (χ3v) is 10.0. The number of allylic oxidation sites excluding steroid dienone is 5. The lowest BCUT2D eigenvalue weighted by Crippen LogP contribution is -2.50. The Hall–Kier alpha value is -3.18. The summed E-state index contributed by atoms with van der Waals surface area (Å²) in [5, 5.41) is 13.5. The van der Waals surface area contributed by atoms with E-state index in [1.807, 2.05) is 13.1 Å². The Labute approximate surface area is 212 Å². The van der Waals surface area contributed by atoms with Crippen molar-refractivity contribution in [1.29, 1.82) is 0 Å². The van der Waals surface area contributed by atoms with Gasteiger partial charge in [0.05, 0.1) is 12.3 Å². The summed E-state index contributed by atoms with van der Waals surface area (Å²) in [7, 11) is -2.95. The van der Waals surface area contributed by atoms with Crippen molar-refractivity contribution in [2.24, 2.45) is 0 Å². The standard InChI is InChI=1S/C28H28N2O2Si/c1-33(2)25-17-19(29-13-5-14-29)9-11-23(25)27(21-7-3-4-8-22(21)28(31)32)24-12-10-20(18-26(24)33)30-15-6-16-30/h3-4,7-12,17-18H,5-6,13-16H2,1-2H3/i5D2,6D2,13D2,14D2,15D2,16D2. The van der Waals surface area contributed by atoms with Gasteiger partial charge in [-0.3, -0.25) is 0 Å². The summed E-state index contributed by atoms with van der Waals surface area (Å²) in [4.78, 5) is 13.0. The van der Waals surface area contributed by atoms with Crippen LogP contribution in [-0.2, 0) is 0 Å². The first kappa shape index (κ1) is 11.3. The molecule has 0 radical (unpaired) electrons. The van der Waals surface area contributed by atoms with Crippen molar-refractivity contribution in [3.05, 3.63) is 88.2 Å². The Morgan fingerprint density at radius 3 is 2.64 bits per heavy atom. The first-order valence-corrected chi connectivity index (χ1v) is 13.6. The number of hydrogen-bond acceptors (Lipinski definition) is 3. The van der Waals surface area contributed by atoms with Crippen LogP contribution in [0.25, 0.3) is 5.57 Å². The van der Waals surface area contributed by atoms with Gasteiger partial charge < -0.3 is 14.8 Å². The fourth-order valence-corrected chi connectivity index (χ4v) is 7.83. The van der Waals surface area contributed by atoms with Gasteiger partial charge in [-0.2, -0.15) is 0 Å². The number of aromatic carboxylic acids is 1. The van der Waals surface area contributed by atoms with Crippen molar-refractivity contribution in [3.63, 3.8) is 0 Å².